The highest BCUT2D eigenvalue weighted by Crippen LogP contribution is 2.32. The maximum absolute atomic E-state index is 5.79. The molecule has 90 valence electrons. The molecule has 0 aliphatic carbocycles. The van der Waals surface area contributed by atoms with E-state index in [1.165, 1.54) is 27.8 Å². The Kier molecular flexibility index (Phi) is 3.65. The van der Waals surface area contributed by atoms with Gasteiger partial charge in [0.2, 0.25) is 0 Å². The van der Waals surface area contributed by atoms with Crippen LogP contribution in [0.4, 0.5) is 0 Å². The van der Waals surface area contributed by atoms with Crippen molar-refractivity contribution in [3.63, 3.8) is 0 Å². The highest BCUT2D eigenvalue weighted by atomic mass is 32.1. The molecule has 2 heteroatoms. The smallest absolute Gasteiger partial charge is 0.0192 e. The predicted octanol–water partition coefficient (Wildman–Crippen LogP) is 4.31. The minimum absolute atomic E-state index is 0.564. The van der Waals surface area contributed by atoms with Gasteiger partial charge in [0.05, 0.1) is 0 Å². The average Bonchev–Trinajstić information content (AvgIpc) is 2.77. The highest BCUT2D eigenvalue weighted by Gasteiger charge is 2.09. The van der Waals surface area contributed by atoms with E-state index in [9.17, 15) is 0 Å². The van der Waals surface area contributed by atoms with Crippen molar-refractivity contribution >= 4 is 11.3 Å². The Morgan fingerprint density at radius 3 is 2.59 bits per heavy atom. The number of thiophene rings is 1. The van der Waals surface area contributed by atoms with E-state index in [0.29, 0.717) is 12.5 Å². The van der Waals surface area contributed by atoms with Crippen LogP contribution in [0.25, 0.3) is 11.1 Å². The first kappa shape index (κ1) is 12.3. The second kappa shape index (κ2) is 5.03. The molecule has 0 aliphatic rings. The van der Waals surface area contributed by atoms with E-state index >= 15 is 0 Å². The molecule has 0 radical (unpaired) electrons. The van der Waals surface area contributed by atoms with E-state index in [1.54, 1.807) is 11.3 Å². The molecule has 0 saturated carbocycles. The summed E-state index contributed by atoms with van der Waals surface area (Å²) in [4.78, 5) is 0. The average molecular weight is 245 g/mol. The minimum atomic E-state index is 0.564. The lowest BCUT2D eigenvalue weighted by Gasteiger charge is -2.11. The molecule has 2 rings (SSSR count). The number of benzene rings is 1. The van der Waals surface area contributed by atoms with Crippen LogP contribution >= 0.6 is 11.3 Å². The van der Waals surface area contributed by atoms with E-state index in [-0.39, 0.29) is 0 Å². The van der Waals surface area contributed by atoms with Gasteiger partial charge >= 0.3 is 0 Å². The molecule has 1 heterocycles. The van der Waals surface area contributed by atoms with Crippen molar-refractivity contribution in [1.82, 2.24) is 0 Å². The van der Waals surface area contributed by atoms with Crippen molar-refractivity contribution in [3.05, 3.63) is 45.6 Å². The number of aryl methyl sites for hydroxylation is 1. The second-order valence-electron chi connectivity index (χ2n) is 4.74. The van der Waals surface area contributed by atoms with Gasteiger partial charge in [-0.1, -0.05) is 32.0 Å². The summed E-state index contributed by atoms with van der Waals surface area (Å²) in [6.45, 7) is 7.24. The molecule has 1 aromatic heterocycles. The maximum atomic E-state index is 5.79. The Bertz CT molecular complexity index is 511. The summed E-state index contributed by atoms with van der Waals surface area (Å²) in [6.07, 6.45) is 0. The lowest BCUT2D eigenvalue weighted by Crippen LogP contribution is -1.97. The molecular weight excluding hydrogens is 226 g/mol. The second-order valence-corrected chi connectivity index (χ2v) is 5.49. The molecule has 0 spiro atoms. The SMILES string of the molecule is Cc1ccc(C(C)C)cc1-c1cscc1CN. The molecule has 0 unspecified atom stereocenters. The summed E-state index contributed by atoms with van der Waals surface area (Å²) in [7, 11) is 0. The third-order valence-corrected chi connectivity index (χ3v) is 3.97. The van der Waals surface area contributed by atoms with Crippen LogP contribution < -0.4 is 5.73 Å². The number of nitrogens with two attached hydrogens (primary N) is 1. The first-order valence-corrected chi connectivity index (χ1v) is 6.93. The van der Waals surface area contributed by atoms with E-state index in [4.69, 9.17) is 5.73 Å². The third kappa shape index (κ3) is 2.43. The van der Waals surface area contributed by atoms with Gasteiger partial charge in [-0.05, 0) is 51.4 Å². The Morgan fingerprint density at radius 1 is 1.18 bits per heavy atom. The maximum Gasteiger partial charge on any atom is 0.0192 e. The fourth-order valence-corrected chi connectivity index (χ4v) is 2.88. The fourth-order valence-electron chi connectivity index (χ4n) is 2.01. The zero-order chi connectivity index (χ0) is 12.4. The summed E-state index contributed by atoms with van der Waals surface area (Å²) in [5.41, 5.74) is 12.4. The molecule has 1 aromatic carbocycles. The van der Waals surface area contributed by atoms with E-state index < -0.39 is 0 Å². The molecule has 0 aliphatic heterocycles. The Labute approximate surface area is 107 Å². The molecule has 1 nitrogen and oxygen atoms in total. The quantitative estimate of drug-likeness (QED) is 0.857. The molecule has 17 heavy (non-hydrogen) atoms. The van der Waals surface area contributed by atoms with Crippen molar-refractivity contribution in [1.29, 1.82) is 0 Å². The Morgan fingerprint density at radius 2 is 1.94 bits per heavy atom. The summed E-state index contributed by atoms with van der Waals surface area (Å²) in [5.74, 6) is 0.564. The van der Waals surface area contributed by atoms with E-state index in [0.717, 1.165) is 0 Å². The van der Waals surface area contributed by atoms with Crippen LogP contribution in [-0.2, 0) is 6.54 Å². The third-order valence-electron chi connectivity index (χ3n) is 3.18. The van der Waals surface area contributed by atoms with Crippen LogP contribution in [0.1, 0.15) is 36.5 Å². The van der Waals surface area contributed by atoms with Crippen molar-refractivity contribution in [2.75, 3.05) is 0 Å². The van der Waals surface area contributed by atoms with Gasteiger partial charge in [-0.2, -0.15) is 11.3 Å². The predicted molar refractivity (Wildman–Crippen MR) is 76.5 cm³/mol. The van der Waals surface area contributed by atoms with Gasteiger partial charge in [0.15, 0.2) is 0 Å². The van der Waals surface area contributed by atoms with Crippen LogP contribution in [0.15, 0.2) is 29.0 Å². The van der Waals surface area contributed by atoms with Crippen molar-refractivity contribution < 1.29 is 0 Å². The van der Waals surface area contributed by atoms with Gasteiger partial charge in [-0.15, -0.1) is 0 Å². The fraction of sp³-hybridized carbons (Fsp3) is 0.333. The molecule has 0 saturated heterocycles. The van der Waals surface area contributed by atoms with Crippen molar-refractivity contribution in [2.24, 2.45) is 5.73 Å². The number of hydrogen-bond donors (Lipinski definition) is 1. The summed E-state index contributed by atoms with van der Waals surface area (Å²) in [6, 6.07) is 6.74. The summed E-state index contributed by atoms with van der Waals surface area (Å²) in [5, 5.41) is 4.35. The van der Waals surface area contributed by atoms with Gasteiger partial charge in [0.1, 0.15) is 0 Å². The minimum Gasteiger partial charge on any atom is -0.326 e. The lowest BCUT2D eigenvalue weighted by atomic mass is 9.93. The van der Waals surface area contributed by atoms with Gasteiger partial charge in [-0.3, -0.25) is 0 Å². The van der Waals surface area contributed by atoms with Crippen molar-refractivity contribution in [2.45, 2.75) is 33.2 Å². The summed E-state index contributed by atoms with van der Waals surface area (Å²) >= 11 is 1.73. The van der Waals surface area contributed by atoms with Gasteiger partial charge in [-0.25, -0.2) is 0 Å². The highest BCUT2D eigenvalue weighted by molar-refractivity contribution is 7.08. The molecule has 2 aromatic rings. The number of hydrogen-bond acceptors (Lipinski definition) is 2. The monoisotopic (exact) mass is 245 g/mol. The first-order valence-electron chi connectivity index (χ1n) is 5.99. The van der Waals surface area contributed by atoms with Crippen LogP contribution in [0, 0.1) is 6.92 Å². The van der Waals surface area contributed by atoms with Gasteiger partial charge in [0.25, 0.3) is 0 Å². The summed E-state index contributed by atoms with van der Waals surface area (Å²) < 4.78 is 0. The molecule has 0 fully saturated rings. The van der Waals surface area contributed by atoms with Crippen LogP contribution in [-0.4, -0.2) is 0 Å². The Balaban J connectivity index is 2.54. The van der Waals surface area contributed by atoms with Crippen LogP contribution in [0.5, 0.6) is 0 Å². The largest absolute Gasteiger partial charge is 0.326 e. The lowest BCUT2D eigenvalue weighted by molar-refractivity contribution is 0.866. The molecular formula is C15H19NS. The molecule has 2 N–H and O–H groups in total. The zero-order valence-electron chi connectivity index (χ0n) is 10.7. The van der Waals surface area contributed by atoms with E-state index in [2.05, 4.69) is 49.7 Å². The van der Waals surface area contributed by atoms with Crippen molar-refractivity contribution in [3.8, 4) is 11.1 Å². The zero-order valence-corrected chi connectivity index (χ0v) is 11.5. The first-order chi connectivity index (χ1) is 8.13. The Hall–Kier alpha value is -1.12. The van der Waals surface area contributed by atoms with Crippen LogP contribution in [0.3, 0.4) is 0 Å². The van der Waals surface area contributed by atoms with Gasteiger partial charge in [0, 0.05) is 6.54 Å². The standard InChI is InChI=1S/C15H19NS/c1-10(2)12-5-4-11(3)14(6-12)15-9-17-8-13(15)7-16/h4-6,8-10H,7,16H2,1-3H3. The molecule has 0 amide bonds. The van der Waals surface area contributed by atoms with Crippen LogP contribution in [0.2, 0.25) is 0 Å². The topological polar surface area (TPSA) is 26.0 Å². The number of rotatable bonds is 3. The molecule has 0 atom stereocenters. The van der Waals surface area contributed by atoms with Gasteiger partial charge < -0.3 is 5.73 Å². The molecule has 0 bridgehead atoms. The van der Waals surface area contributed by atoms with E-state index in [1.807, 2.05) is 0 Å². The normalized spacial score (nSPS) is 11.1.